The third-order valence-corrected chi connectivity index (χ3v) is 4.83. The molecule has 1 amide bonds. The first kappa shape index (κ1) is 17.5. The average Bonchev–Trinajstić information content (AvgIpc) is 3.16. The quantitative estimate of drug-likeness (QED) is 0.846. The normalized spacial score (nSPS) is 15.4. The van der Waals surface area contributed by atoms with Crippen LogP contribution in [0.15, 0.2) is 30.5 Å². The van der Waals surface area contributed by atoms with Crippen molar-refractivity contribution >= 4 is 5.91 Å². The Labute approximate surface area is 148 Å². The largest absolute Gasteiger partial charge is 0.497 e. The van der Waals surface area contributed by atoms with Gasteiger partial charge in [0.15, 0.2) is 0 Å². The molecule has 0 bridgehead atoms. The highest BCUT2D eigenvalue weighted by molar-refractivity contribution is 5.99. The van der Waals surface area contributed by atoms with E-state index in [9.17, 15) is 4.79 Å². The smallest absolute Gasteiger partial charge is 0.257 e. The standard InChI is InChI=1S/C19H26N4O2/c1-3-20-12-14-8-10-23(11-9-14)19(24)17-13-21-22-18(17)15-4-6-16(25-2)7-5-15/h4-7,13-14,20H,3,8-12H2,1-2H3,(H,21,22). The second kappa shape index (κ2) is 8.16. The average molecular weight is 342 g/mol. The molecule has 6 nitrogen and oxygen atoms in total. The summed E-state index contributed by atoms with van der Waals surface area (Å²) in [5.41, 5.74) is 2.33. The number of benzene rings is 1. The molecule has 25 heavy (non-hydrogen) atoms. The maximum atomic E-state index is 12.9. The van der Waals surface area contributed by atoms with Crippen LogP contribution in [0.1, 0.15) is 30.1 Å². The number of amides is 1. The predicted octanol–water partition coefficient (Wildman–Crippen LogP) is 2.55. The lowest BCUT2D eigenvalue weighted by Crippen LogP contribution is -2.40. The maximum absolute atomic E-state index is 12.9. The van der Waals surface area contributed by atoms with Crippen molar-refractivity contribution in [3.63, 3.8) is 0 Å². The molecule has 0 unspecified atom stereocenters. The molecule has 1 aromatic heterocycles. The third kappa shape index (κ3) is 4.02. The topological polar surface area (TPSA) is 70.2 Å². The van der Waals surface area contributed by atoms with Crippen molar-refractivity contribution in [2.45, 2.75) is 19.8 Å². The van der Waals surface area contributed by atoms with Gasteiger partial charge >= 0.3 is 0 Å². The highest BCUT2D eigenvalue weighted by Crippen LogP contribution is 2.26. The molecule has 1 fully saturated rings. The third-order valence-electron chi connectivity index (χ3n) is 4.83. The number of rotatable bonds is 6. The Hall–Kier alpha value is -2.34. The number of H-pyrrole nitrogens is 1. The number of likely N-dealkylation sites (tertiary alicyclic amines) is 1. The van der Waals surface area contributed by atoms with Crippen LogP contribution in [0.2, 0.25) is 0 Å². The number of hydrogen-bond acceptors (Lipinski definition) is 4. The summed E-state index contributed by atoms with van der Waals surface area (Å²) < 4.78 is 5.19. The number of carbonyl (C=O) groups excluding carboxylic acids is 1. The number of ether oxygens (including phenoxy) is 1. The van der Waals surface area contributed by atoms with E-state index in [2.05, 4.69) is 22.4 Å². The number of piperidine rings is 1. The zero-order valence-electron chi connectivity index (χ0n) is 14.9. The highest BCUT2D eigenvalue weighted by atomic mass is 16.5. The summed E-state index contributed by atoms with van der Waals surface area (Å²) in [5.74, 6) is 1.51. The summed E-state index contributed by atoms with van der Waals surface area (Å²) in [4.78, 5) is 14.9. The molecule has 1 aliphatic rings. The number of aromatic nitrogens is 2. The minimum Gasteiger partial charge on any atom is -0.497 e. The number of nitrogens with zero attached hydrogens (tertiary/aromatic N) is 2. The molecule has 0 radical (unpaired) electrons. The molecule has 2 N–H and O–H groups in total. The molecule has 0 aliphatic carbocycles. The van der Waals surface area contributed by atoms with Crippen LogP contribution < -0.4 is 10.1 Å². The Bertz CT molecular complexity index is 688. The summed E-state index contributed by atoms with van der Waals surface area (Å²) >= 11 is 0. The van der Waals surface area contributed by atoms with Gasteiger partial charge in [-0.3, -0.25) is 9.89 Å². The van der Waals surface area contributed by atoms with Crippen molar-refractivity contribution < 1.29 is 9.53 Å². The van der Waals surface area contributed by atoms with Crippen molar-refractivity contribution in [2.75, 3.05) is 33.3 Å². The van der Waals surface area contributed by atoms with E-state index in [0.717, 1.165) is 56.0 Å². The van der Waals surface area contributed by atoms with Crippen LogP contribution in [0.3, 0.4) is 0 Å². The number of methoxy groups -OCH3 is 1. The first-order valence-corrected chi connectivity index (χ1v) is 8.90. The Morgan fingerprint density at radius 2 is 2.04 bits per heavy atom. The molecule has 2 aromatic rings. The number of nitrogens with one attached hydrogen (secondary N) is 2. The predicted molar refractivity (Wildman–Crippen MR) is 97.7 cm³/mol. The van der Waals surface area contributed by atoms with Crippen LogP contribution in [-0.4, -0.2) is 54.3 Å². The van der Waals surface area contributed by atoms with Crippen LogP contribution in [0.4, 0.5) is 0 Å². The van der Waals surface area contributed by atoms with Gasteiger partial charge in [0, 0.05) is 18.7 Å². The molecule has 1 saturated heterocycles. The highest BCUT2D eigenvalue weighted by Gasteiger charge is 2.26. The molecule has 0 spiro atoms. The van der Waals surface area contributed by atoms with E-state index in [0.29, 0.717) is 11.5 Å². The fourth-order valence-electron chi connectivity index (χ4n) is 3.29. The Kier molecular flexibility index (Phi) is 5.71. The molecule has 1 aliphatic heterocycles. The first-order chi connectivity index (χ1) is 12.2. The lowest BCUT2D eigenvalue weighted by atomic mass is 9.96. The van der Waals surface area contributed by atoms with E-state index in [1.165, 1.54) is 0 Å². The molecular formula is C19H26N4O2. The van der Waals surface area contributed by atoms with Crippen molar-refractivity contribution in [3.05, 3.63) is 36.0 Å². The van der Waals surface area contributed by atoms with Gasteiger partial charge in [-0.2, -0.15) is 5.10 Å². The summed E-state index contributed by atoms with van der Waals surface area (Å²) in [6.45, 7) is 5.78. The molecule has 1 aromatic carbocycles. The lowest BCUT2D eigenvalue weighted by molar-refractivity contribution is 0.0691. The van der Waals surface area contributed by atoms with Gasteiger partial charge in [-0.25, -0.2) is 0 Å². The Morgan fingerprint density at radius 1 is 1.32 bits per heavy atom. The van der Waals surface area contributed by atoms with Gasteiger partial charge in [-0.1, -0.05) is 6.92 Å². The minimum atomic E-state index is 0.0569. The van der Waals surface area contributed by atoms with Gasteiger partial charge in [0.1, 0.15) is 5.75 Å². The van der Waals surface area contributed by atoms with Crippen LogP contribution >= 0.6 is 0 Å². The van der Waals surface area contributed by atoms with Gasteiger partial charge in [0.05, 0.1) is 24.6 Å². The monoisotopic (exact) mass is 342 g/mol. The fraction of sp³-hybridized carbons (Fsp3) is 0.474. The maximum Gasteiger partial charge on any atom is 0.257 e. The van der Waals surface area contributed by atoms with E-state index in [1.54, 1.807) is 13.3 Å². The van der Waals surface area contributed by atoms with Crippen molar-refractivity contribution in [2.24, 2.45) is 5.92 Å². The van der Waals surface area contributed by atoms with E-state index in [-0.39, 0.29) is 5.91 Å². The van der Waals surface area contributed by atoms with Crippen molar-refractivity contribution in [1.29, 1.82) is 0 Å². The summed E-state index contributed by atoms with van der Waals surface area (Å²) in [7, 11) is 1.64. The number of carbonyl (C=O) groups is 1. The zero-order chi connectivity index (χ0) is 17.6. The Morgan fingerprint density at radius 3 is 2.68 bits per heavy atom. The van der Waals surface area contributed by atoms with Gasteiger partial charge < -0.3 is 15.0 Å². The molecule has 134 valence electrons. The van der Waals surface area contributed by atoms with Crippen molar-refractivity contribution in [3.8, 4) is 17.0 Å². The molecule has 2 heterocycles. The van der Waals surface area contributed by atoms with E-state index in [4.69, 9.17) is 4.74 Å². The molecule has 0 saturated carbocycles. The molecule has 3 rings (SSSR count). The van der Waals surface area contributed by atoms with Crippen LogP contribution in [0.5, 0.6) is 5.75 Å². The van der Waals surface area contributed by atoms with Gasteiger partial charge in [-0.15, -0.1) is 0 Å². The minimum absolute atomic E-state index is 0.0569. The fourth-order valence-corrected chi connectivity index (χ4v) is 3.29. The van der Waals surface area contributed by atoms with Gasteiger partial charge in [-0.05, 0) is 56.1 Å². The van der Waals surface area contributed by atoms with Crippen molar-refractivity contribution in [1.82, 2.24) is 20.4 Å². The zero-order valence-corrected chi connectivity index (χ0v) is 14.9. The number of aromatic amines is 1. The SMILES string of the molecule is CCNCC1CCN(C(=O)c2cn[nH]c2-c2ccc(OC)cc2)CC1. The van der Waals surface area contributed by atoms with E-state index in [1.807, 2.05) is 29.2 Å². The summed E-state index contributed by atoms with van der Waals surface area (Å²) in [5, 5.41) is 10.5. The van der Waals surface area contributed by atoms with Crippen LogP contribution in [-0.2, 0) is 0 Å². The first-order valence-electron chi connectivity index (χ1n) is 8.90. The molecule has 6 heteroatoms. The second-order valence-corrected chi connectivity index (χ2v) is 6.43. The van der Waals surface area contributed by atoms with Crippen LogP contribution in [0, 0.1) is 5.92 Å². The molecule has 0 atom stereocenters. The van der Waals surface area contributed by atoms with E-state index < -0.39 is 0 Å². The molecular weight excluding hydrogens is 316 g/mol. The Balaban J connectivity index is 1.68. The van der Waals surface area contributed by atoms with Gasteiger partial charge in [0.2, 0.25) is 0 Å². The van der Waals surface area contributed by atoms with Crippen LogP contribution in [0.25, 0.3) is 11.3 Å². The lowest BCUT2D eigenvalue weighted by Gasteiger charge is -2.32. The number of hydrogen-bond donors (Lipinski definition) is 2. The summed E-state index contributed by atoms with van der Waals surface area (Å²) in [6.07, 6.45) is 3.73. The van der Waals surface area contributed by atoms with E-state index >= 15 is 0 Å². The summed E-state index contributed by atoms with van der Waals surface area (Å²) in [6, 6.07) is 7.64. The second-order valence-electron chi connectivity index (χ2n) is 6.43. The van der Waals surface area contributed by atoms with Gasteiger partial charge in [0.25, 0.3) is 5.91 Å².